The molecule has 5 rings (SSSR count). The van der Waals surface area contributed by atoms with Gasteiger partial charge in [0.05, 0.1) is 12.7 Å². The number of aryl methyl sites for hydroxylation is 1. The summed E-state index contributed by atoms with van der Waals surface area (Å²) in [7, 11) is 1.61. The number of fused-ring (bicyclic) bond motifs is 1. The molecule has 1 aliphatic rings. The summed E-state index contributed by atoms with van der Waals surface area (Å²) in [6.45, 7) is 5.86. The molecule has 0 bridgehead atoms. The standard InChI is InChI=1S/C29H28FN5O2S/c1-17-9-7-14-24(18(17)2)32-27(36)25-19(3)31-28-33-29(38-16-21-10-5-6-13-23(21)30)34-35(28)26(25)20-11-8-12-22(15-20)37-4/h5-15,26H,16H2,1-4H3,(H,32,36)(H,31,33,34). The molecule has 1 aromatic heterocycles. The normalized spacial score (nSPS) is 14.6. The quantitative estimate of drug-likeness (QED) is 0.275. The van der Waals surface area contributed by atoms with Crippen LogP contribution >= 0.6 is 11.8 Å². The van der Waals surface area contributed by atoms with Crippen LogP contribution in [0.3, 0.4) is 0 Å². The number of thioether (sulfide) groups is 1. The molecule has 0 fully saturated rings. The number of nitrogens with one attached hydrogen (secondary N) is 2. The smallest absolute Gasteiger partial charge is 0.255 e. The summed E-state index contributed by atoms with van der Waals surface area (Å²) in [5, 5.41) is 11.6. The van der Waals surface area contributed by atoms with Gasteiger partial charge in [-0.3, -0.25) is 4.79 Å². The average Bonchev–Trinajstić information content (AvgIpc) is 3.32. The predicted octanol–water partition coefficient (Wildman–Crippen LogP) is 6.26. The van der Waals surface area contributed by atoms with E-state index < -0.39 is 6.04 Å². The topological polar surface area (TPSA) is 81.1 Å². The first-order valence-electron chi connectivity index (χ1n) is 12.2. The number of methoxy groups -OCH3 is 1. The highest BCUT2D eigenvalue weighted by molar-refractivity contribution is 7.98. The fraction of sp³-hybridized carbons (Fsp3) is 0.207. The van der Waals surface area contributed by atoms with Crippen LogP contribution in [0.1, 0.15) is 35.2 Å². The van der Waals surface area contributed by atoms with E-state index in [1.165, 1.54) is 17.8 Å². The molecular formula is C29H28FN5O2S. The van der Waals surface area contributed by atoms with Gasteiger partial charge in [0, 0.05) is 17.1 Å². The van der Waals surface area contributed by atoms with Crippen molar-refractivity contribution in [3.8, 4) is 5.75 Å². The number of hydrogen-bond donors (Lipinski definition) is 2. The Balaban J connectivity index is 1.52. The third-order valence-corrected chi connectivity index (χ3v) is 7.54. The van der Waals surface area contributed by atoms with Gasteiger partial charge in [-0.15, -0.1) is 5.10 Å². The van der Waals surface area contributed by atoms with Crippen LogP contribution in [0, 0.1) is 19.7 Å². The molecule has 0 saturated carbocycles. The van der Waals surface area contributed by atoms with Crippen molar-refractivity contribution in [2.24, 2.45) is 0 Å². The number of allylic oxidation sites excluding steroid dienone is 1. The highest BCUT2D eigenvalue weighted by atomic mass is 32.2. The van der Waals surface area contributed by atoms with E-state index >= 15 is 0 Å². The van der Waals surface area contributed by atoms with Crippen LogP contribution in [0.5, 0.6) is 5.75 Å². The summed E-state index contributed by atoms with van der Waals surface area (Å²) >= 11 is 1.34. The van der Waals surface area contributed by atoms with E-state index in [-0.39, 0.29) is 11.7 Å². The van der Waals surface area contributed by atoms with Crippen molar-refractivity contribution in [3.63, 3.8) is 0 Å². The van der Waals surface area contributed by atoms with Gasteiger partial charge in [0.25, 0.3) is 5.91 Å². The number of carbonyl (C=O) groups is 1. The van der Waals surface area contributed by atoms with Gasteiger partial charge in [-0.05, 0) is 67.3 Å². The molecule has 0 radical (unpaired) electrons. The highest BCUT2D eigenvalue weighted by Gasteiger charge is 2.35. The minimum atomic E-state index is -0.554. The van der Waals surface area contributed by atoms with Crippen LogP contribution in [-0.4, -0.2) is 27.8 Å². The summed E-state index contributed by atoms with van der Waals surface area (Å²) in [5.74, 6) is 1.06. The minimum Gasteiger partial charge on any atom is -0.497 e. The number of anilines is 2. The molecule has 1 unspecified atom stereocenters. The van der Waals surface area contributed by atoms with Gasteiger partial charge < -0.3 is 15.4 Å². The van der Waals surface area contributed by atoms with Crippen LogP contribution in [0.15, 0.2) is 83.2 Å². The molecule has 1 aliphatic heterocycles. The Morgan fingerprint density at radius 3 is 2.68 bits per heavy atom. The number of ether oxygens (including phenoxy) is 1. The molecule has 0 saturated heterocycles. The number of aromatic nitrogens is 3. The average molecular weight is 530 g/mol. The van der Waals surface area contributed by atoms with Gasteiger partial charge in [0.1, 0.15) is 17.6 Å². The van der Waals surface area contributed by atoms with Gasteiger partial charge in [-0.2, -0.15) is 4.98 Å². The van der Waals surface area contributed by atoms with E-state index in [1.54, 1.807) is 30.0 Å². The summed E-state index contributed by atoms with van der Waals surface area (Å²) in [6, 6.07) is 19.5. The Bertz CT molecular complexity index is 1550. The minimum absolute atomic E-state index is 0.238. The third kappa shape index (κ3) is 5.02. The van der Waals surface area contributed by atoms with Crippen LogP contribution in [0.2, 0.25) is 0 Å². The maximum Gasteiger partial charge on any atom is 0.255 e. The first-order chi connectivity index (χ1) is 18.4. The Morgan fingerprint density at radius 2 is 1.89 bits per heavy atom. The number of rotatable bonds is 7. The first-order valence-corrected chi connectivity index (χ1v) is 13.2. The third-order valence-electron chi connectivity index (χ3n) is 6.65. The lowest BCUT2D eigenvalue weighted by atomic mass is 9.94. The van der Waals surface area contributed by atoms with Crippen molar-refractivity contribution in [1.82, 2.24) is 14.8 Å². The summed E-state index contributed by atoms with van der Waals surface area (Å²) < 4.78 is 21.3. The van der Waals surface area contributed by atoms with Gasteiger partial charge in [-0.1, -0.05) is 54.2 Å². The Morgan fingerprint density at radius 1 is 1.11 bits per heavy atom. The molecule has 2 N–H and O–H groups in total. The van der Waals surface area contributed by atoms with E-state index in [2.05, 4.69) is 15.6 Å². The highest BCUT2D eigenvalue weighted by Crippen LogP contribution is 2.38. The number of benzene rings is 3. The zero-order valence-electron chi connectivity index (χ0n) is 21.6. The molecule has 4 aromatic rings. The van der Waals surface area contributed by atoms with Crippen molar-refractivity contribution < 1.29 is 13.9 Å². The Labute approximate surface area is 225 Å². The molecule has 7 nitrogen and oxygen atoms in total. The van der Waals surface area contributed by atoms with Crippen LogP contribution in [-0.2, 0) is 10.5 Å². The molecule has 3 aromatic carbocycles. The van der Waals surface area contributed by atoms with Crippen molar-refractivity contribution >= 4 is 29.3 Å². The predicted molar refractivity (Wildman–Crippen MR) is 148 cm³/mol. The maximum atomic E-state index is 14.2. The van der Waals surface area contributed by atoms with E-state index in [1.807, 2.05) is 63.2 Å². The second-order valence-electron chi connectivity index (χ2n) is 9.09. The molecule has 1 atom stereocenters. The maximum absolute atomic E-state index is 14.2. The fourth-order valence-corrected chi connectivity index (χ4v) is 5.26. The van der Waals surface area contributed by atoms with Gasteiger partial charge >= 0.3 is 0 Å². The van der Waals surface area contributed by atoms with Crippen molar-refractivity contribution in [2.75, 3.05) is 17.7 Å². The molecule has 194 valence electrons. The summed E-state index contributed by atoms with van der Waals surface area (Å²) in [4.78, 5) is 18.4. The van der Waals surface area contributed by atoms with E-state index in [0.29, 0.717) is 39.4 Å². The van der Waals surface area contributed by atoms with Gasteiger partial charge in [0.2, 0.25) is 11.1 Å². The monoisotopic (exact) mass is 529 g/mol. The van der Waals surface area contributed by atoms with E-state index in [4.69, 9.17) is 9.84 Å². The molecule has 9 heteroatoms. The molecule has 2 heterocycles. The number of nitrogens with zero attached hydrogens (tertiary/aromatic N) is 3. The SMILES string of the molecule is COc1cccc(C2C(C(=O)Nc3cccc(C)c3C)=C(C)Nc3nc(SCc4ccccc4F)nn32)c1. The number of halogens is 1. The van der Waals surface area contributed by atoms with Crippen LogP contribution in [0.4, 0.5) is 16.0 Å². The lowest BCUT2D eigenvalue weighted by Crippen LogP contribution is -2.31. The lowest BCUT2D eigenvalue weighted by molar-refractivity contribution is -0.113. The van der Waals surface area contributed by atoms with Crippen molar-refractivity contribution in [3.05, 3.63) is 106 Å². The lowest BCUT2D eigenvalue weighted by Gasteiger charge is -2.29. The Kier molecular flexibility index (Phi) is 7.20. The first kappa shape index (κ1) is 25.5. The molecule has 0 spiro atoms. The summed E-state index contributed by atoms with van der Waals surface area (Å²) in [6.07, 6.45) is 0. The zero-order chi connectivity index (χ0) is 26.8. The van der Waals surface area contributed by atoms with Crippen LogP contribution < -0.4 is 15.4 Å². The van der Waals surface area contributed by atoms with Crippen LogP contribution in [0.25, 0.3) is 0 Å². The molecule has 1 amide bonds. The van der Waals surface area contributed by atoms with Gasteiger partial charge in [-0.25, -0.2) is 9.07 Å². The molecular weight excluding hydrogens is 501 g/mol. The molecule has 0 aliphatic carbocycles. The fourth-order valence-electron chi connectivity index (χ4n) is 4.44. The van der Waals surface area contributed by atoms with Gasteiger partial charge in [0.15, 0.2) is 0 Å². The largest absolute Gasteiger partial charge is 0.497 e. The van der Waals surface area contributed by atoms with Crippen molar-refractivity contribution in [2.45, 2.75) is 37.7 Å². The number of hydrogen-bond acceptors (Lipinski definition) is 6. The van der Waals surface area contributed by atoms with E-state index in [0.717, 1.165) is 22.4 Å². The number of carbonyl (C=O) groups excluding carboxylic acids is 1. The number of amides is 1. The summed E-state index contributed by atoms with van der Waals surface area (Å²) in [5.41, 5.74) is 5.45. The van der Waals surface area contributed by atoms with E-state index in [9.17, 15) is 9.18 Å². The van der Waals surface area contributed by atoms with Crippen molar-refractivity contribution in [1.29, 1.82) is 0 Å². The molecule has 38 heavy (non-hydrogen) atoms. The second-order valence-corrected chi connectivity index (χ2v) is 10.0. The Hall–Kier alpha value is -4.11. The zero-order valence-corrected chi connectivity index (χ0v) is 22.4. The second kappa shape index (κ2) is 10.7.